The van der Waals surface area contributed by atoms with Gasteiger partial charge in [-0.15, -0.1) is 0 Å². The molecule has 0 radical (unpaired) electrons. The Morgan fingerprint density at radius 2 is 2.05 bits per heavy atom. The largest absolute Gasteiger partial charge is 0.383 e. The molecule has 1 aliphatic rings. The lowest BCUT2D eigenvalue weighted by molar-refractivity contribution is 0.199. The predicted molar refractivity (Wildman–Crippen MR) is 77.5 cm³/mol. The van der Waals surface area contributed by atoms with Gasteiger partial charge in [-0.3, -0.25) is 0 Å². The second kappa shape index (κ2) is 7.43. The van der Waals surface area contributed by atoms with E-state index in [0.29, 0.717) is 0 Å². The molecule has 0 atom stereocenters. The van der Waals surface area contributed by atoms with E-state index in [1.54, 1.807) is 7.11 Å². The Hall–Kier alpha value is -1.17. The molecule has 2 heterocycles. The van der Waals surface area contributed by atoms with Crippen LogP contribution in [-0.2, 0) is 11.3 Å². The Morgan fingerprint density at radius 1 is 1.26 bits per heavy atom. The lowest BCUT2D eigenvalue weighted by Crippen LogP contribution is -2.44. The van der Waals surface area contributed by atoms with Crippen molar-refractivity contribution in [3.63, 3.8) is 0 Å². The van der Waals surface area contributed by atoms with Crippen LogP contribution in [0.5, 0.6) is 0 Å². The van der Waals surface area contributed by atoms with Crippen LogP contribution in [0.3, 0.4) is 0 Å². The first-order valence-electron chi connectivity index (χ1n) is 6.87. The molecule has 5 nitrogen and oxygen atoms in total. The third kappa shape index (κ3) is 4.45. The van der Waals surface area contributed by atoms with Crippen LogP contribution in [0.4, 0.5) is 5.82 Å². The summed E-state index contributed by atoms with van der Waals surface area (Å²) < 4.78 is 5.00. The van der Waals surface area contributed by atoms with Gasteiger partial charge in [0.05, 0.1) is 6.61 Å². The van der Waals surface area contributed by atoms with Crippen molar-refractivity contribution in [2.45, 2.75) is 6.54 Å². The highest BCUT2D eigenvalue weighted by molar-refractivity contribution is 5.39. The van der Waals surface area contributed by atoms with Gasteiger partial charge in [0.15, 0.2) is 0 Å². The average molecular weight is 264 g/mol. The number of methoxy groups -OCH3 is 1. The number of ether oxygens (including phenoxy) is 1. The van der Waals surface area contributed by atoms with Crippen LogP contribution in [0.2, 0.25) is 0 Å². The molecular formula is C14H24N4O. The first kappa shape index (κ1) is 14.2. The van der Waals surface area contributed by atoms with Gasteiger partial charge in [0.1, 0.15) is 5.82 Å². The molecule has 106 valence electrons. The molecule has 0 aliphatic carbocycles. The first-order valence-corrected chi connectivity index (χ1v) is 6.87. The highest BCUT2D eigenvalue weighted by Crippen LogP contribution is 2.13. The minimum absolute atomic E-state index is 0.743. The van der Waals surface area contributed by atoms with Crippen molar-refractivity contribution in [2.75, 3.05) is 58.4 Å². The van der Waals surface area contributed by atoms with Gasteiger partial charge in [0, 0.05) is 52.6 Å². The smallest absolute Gasteiger partial charge is 0.128 e. The van der Waals surface area contributed by atoms with E-state index in [4.69, 9.17) is 4.74 Å². The Kier molecular flexibility index (Phi) is 5.57. The fourth-order valence-electron chi connectivity index (χ4n) is 2.15. The molecule has 1 aliphatic heterocycles. The van der Waals surface area contributed by atoms with E-state index in [2.05, 4.69) is 39.3 Å². The summed E-state index contributed by atoms with van der Waals surface area (Å²) >= 11 is 0. The Labute approximate surface area is 115 Å². The number of nitrogens with zero attached hydrogens (tertiary/aromatic N) is 3. The molecule has 1 aromatic heterocycles. The summed E-state index contributed by atoms with van der Waals surface area (Å²) in [7, 11) is 3.88. The lowest BCUT2D eigenvalue weighted by atomic mass is 10.2. The lowest BCUT2D eigenvalue weighted by Gasteiger charge is -2.33. The third-order valence-electron chi connectivity index (χ3n) is 3.45. The number of anilines is 1. The standard InChI is InChI=1S/C14H24N4O/c1-17-6-8-18(9-7-17)14-4-3-13(12-16-14)11-15-5-10-19-2/h3-4,12,15H,5-11H2,1-2H3. The molecule has 0 spiro atoms. The van der Waals surface area contributed by atoms with Crippen molar-refractivity contribution in [2.24, 2.45) is 0 Å². The second-order valence-electron chi connectivity index (χ2n) is 4.98. The van der Waals surface area contributed by atoms with E-state index >= 15 is 0 Å². The summed E-state index contributed by atoms with van der Waals surface area (Å²) in [5, 5.41) is 3.32. The maximum atomic E-state index is 5.00. The zero-order valence-electron chi connectivity index (χ0n) is 11.9. The SMILES string of the molecule is COCCNCc1ccc(N2CCN(C)CC2)nc1. The molecule has 19 heavy (non-hydrogen) atoms. The monoisotopic (exact) mass is 264 g/mol. The zero-order valence-corrected chi connectivity index (χ0v) is 11.9. The van der Waals surface area contributed by atoms with Crippen LogP contribution >= 0.6 is 0 Å². The van der Waals surface area contributed by atoms with E-state index in [9.17, 15) is 0 Å². The molecule has 0 aromatic carbocycles. The average Bonchev–Trinajstić information content (AvgIpc) is 2.45. The molecule has 0 amide bonds. The molecule has 1 aromatic rings. The predicted octanol–water partition coefficient (Wildman–Crippen LogP) is 0.569. The highest BCUT2D eigenvalue weighted by Gasteiger charge is 2.14. The van der Waals surface area contributed by atoms with Gasteiger partial charge < -0.3 is 19.9 Å². The molecular weight excluding hydrogens is 240 g/mol. The number of aromatic nitrogens is 1. The molecule has 0 unspecified atom stereocenters. The van der Waals surface area contributed by atoms with Crippen LogP contribution in [0.15, 0.2) is 18.3 Å². The van der Waals surface area contributed by atoms with Crippen molar-refractivity contribution in [1.29, 1.82) is 0 Å². The summed E-state index contributed by atoms with van der Waals surface area (Å²) in [4.78, 5) is 9.26. The fourth-order valence-corrected chi connectivity index (χ4v) is 2.15. The van der Waals surface area contributed by atoms with E-state index in [1.165, 1.54) is 5.56 Å². The van der Waals surface area contributed by atoms with E-state index in [1.807, 2.05) is 6.20 Å². The van der Waals surface area contributed by atoms with Crippen molar-refractivity contribution < 1.29 is 4.74 Å². The van der Waals surface area contributed by atoms with Gasteiger partial charge in [-0.05, 0) is 18.7 Å². The van der Waals surface area contributed by atoms with Gasteiger partial charge in [-0.2, -0.15) is 0 Å². The van der Waals surface area contributed by atoms with E-state index in [0.717, 1.165) is 51.7 Å². The van der Waals surface area contributed by atoms with E-state index in [-0.39, 0.29) is 0 Å². The van der Waals surface area contributed by atoms with Gasteiger partial charge in [0.2, 0.25) is 0 Å². The van der Waals surface area contributed by atoms with Crippen molar-refractivity contribution in [3.8, 4) is 0 Å². The number of likely N-dealkylation sites (N-methyl/N-ethyl adjacent to an activating group) is 1. The minimum atomic E-state index is 0.743. The topological polar surface area (TPSA) is 40.6 Å². The Bertz CT molecular complexity index is 360. The fraction of sp³-hybridized carbons (Fsp3) is 0.643. The number of nitrogens with one attached hydrogen (secondary N) is 1. The second-order valence-corrected chi connectivity index (χ2v) is 4.98. The third-order valence-corrected chi connectivity index (χ3v) is 3.45. The summed E-state index contributed by atoms with van der Waals surface area (Å²) in [5.41, 5.74) is 1.22. The molecule has 0 bridgehead atoms. The van der Waals surface area contributed by atoms with Crippen LogP contribution in [0.1, 0.15) is 5.56 Å². The number of piperazine rings is 1. The molecule has 1 N–H and O–H groups in total. The molecule has 0 saturated carbocycles. The summed E-state index contributed by atoms with van der Waals surface area (Å²) in [6.45, 7) is 6.82. The zero-order chi connectivity index (χ0) is 13.5. The van der Waals surface area contributed by atoms with Gasteiger partial charge in [-0.1, -0.05) is 6.07 Å². The number of hydrogen-bond acceptors (Lipinski definition) is 5. The van der Waals surface area contributed by atoms with Crippen molar-refractivity contribution >= 4 is 5.82 Å². The van der Waals surface area contributed by atoms with Crippen LogP contribution in [0, 0.1) is 0 Å². The van der Waals surface area contributed by atoms with E-state index < -0.39 is 0 Å². The van der Waals surface area contributed by atoms with Crippen LogP contribution in [-0.4, -0.2) is 63.4 Å². The highest BCUT2D eigenvalue weighted by atomic mass is 16.5. The quantitative estimate of drug-likeness (QED) is 0.761. The molecule has 5 heteroatoms. The molecule has 1 saturated heterocycles. The minimum Gasteiger partial charge on any atom is -0.383 e. The van der Waals surface area contributed by atoms with Crippen LogP contribution < -0.4 is 10.2 Å². The molecule has 2 rings (SSSR count). The van der Waals surface area contributed by atoms with Gasteiger partial charge >= 0.3 is 0 Å². The summed E-state index contributed by atoms with van der Waals surface area (Å²) in [5.74, 6) is 1.09. The van der Waals surface area contributed by atoms with Crippen molar-refractivity contribution in [3.05, 3.63) is 23.9 Å². The van der Waals surface area contributed by atoms with Crippen LogP contribution in [0.25, 0.3) is 0 Å². The maximum absolute atomic E-state index is 5.00. The summed E-state index contributed by atoms with van der Waals surface area (Å²) in [6, 6.07) is 4.28. The Morgan fingerprint density at radius 3 is 2.68 bits per heavy atom. The van der Waals surface area contributed by atoms with Crippen molar-refractivity contribution in [1.82, 2.24) is 15.2 Å². The first-order chi connectivity index (χ1) is 9.29. The van der Waals surface area contributed by atoms with Gasteiger partial charge in [0.25, 0.3) is 0 Å². The maximum Gasteiger partial charge on any atom is 0.128 e. The number of hydrogen-bond donors (Lipinski definition) is 1. The van der Waals surface area contributed by atoms with Gasteiger partial charge in [-0.25, -0.2) is 4.98 Å². The summed E-state index contributed by atoms with van der Waals surface area (Å²) in [6.07, 6.45) is 1.97. The number of rotatable bonds is 6. The molecule has 1 fully saturated rings. The normalized spacial score (nSPS) is 16.8. The number of pyridine rings is 1. The Balaban J connectivity index is 1.81.